The van der Waals surface area contributed by atoms with Crippen molar-refractivity contribution in [2.45, 2.75) is 45.3 Å². The first-order chi connectivity index (χ1) is 8.83. The van der Waals surface area contributed by atoms with Crippen molar-refractivity contribution in [2.24, 2.45) is 0 Å². The minimum Gasteiger partial charge on any atom is -0.416 e. The monoisotopic (exact) mass is 274 g/mol. The fraction of sp³-hybridized carbons (Fsp3) is 0.471. The Balaban J connectivity index is 2.38. The van der Waals surface area contributed by atoms with Crippen LogP contribution in [-0.2, 0) is 4.43 Å². The fourth-order valence-corrected chi connectivity index (χ4v) is 2.44. The van der Waals surface area contributed by atoms with Crippen molar-refractivity contribution in [1.29, 1.82) is 0 Å². The molecule has 0 saturated carbocycles. The number of benzene rings is 1. The maximum atomic E-state index is 6.10. The van der Waals surface area contributed by atoms with E-state index in [9.17, 15) is 0 Å². The lowest BCUT2D eigenvalue weighted by Crippen LogP contribution is -2.40. The zero-order valence-corrected chi connectivity index (χ0v) is 13.9. The van der Waals surface area contributed by atoms with E-state index in [2.05, 4.69) is 57.8 Å². The van der Waals surface area contributed by atoms with Gasteiger partial charge in [-0.25, -0.2) is 0 Å². The summed E-state index contributed by atoms with van der Waals surface area (Å²) in [6, 6.07) is 10.2. The summed E-state index contributed by atoms with van der Waals surface area (Å²) < 4.78 is 6.10. The molecule has 0 heterocycles. The van der Waals surface area contributed by atoms with Crippen LogP contribution in [0.3, 0.4) is 0 Å². The largest absolute Gasteiger partial charge is 0.416 e. The van der Waals surface area contributed by atoms with Crippen molar-refractivity contribution in [1.82, 2.24) is 0 Å². The van der Waals surface area contributed by atoms with E-state index in [1.54, 1.807) is 0 Å². The third kappa shape index (κ3) is 5.60. The molecule has 19 heavy (non-hydrogen) atoms. The zero-order valence-electron chi connectivity index (χ0n) is 12.9. The molecular formula is C17H26OSi. The summed E-state index contributed by atoms with van der Waals surface area (Å²) in [4.78, 5) is 0. The third-order valence-electron chi connectivity index (χ3n) is 3.70. The van der Waals surface area contributed by atoms with Crippen LogP contribution < -0.4 is 0 Å². The van der Waals surface area contributed by atoms with Crippen LogP contribution in [0.25, 0.3) is 6.08 Å². The Morgan fingerprint density at radius 2 is 1.79 bits per heavy atom. The highest BCUT2D eigenvalue weighted by atomic mass is 28.4. The second-order valence-corrected chi connectivity index (χ2v) is 11.1. The van der Waals surface area contributed by atoms with Crippen molar-refractivity contribution in [2.75, 3.05) is 6.61 Å². The van der Waals surface area contributed by atoms with Crippen LogP contribution in [0.2, 0.25) is 18.1 Å². The predicted molar refractivity (Wildman–Crippen MR) is 86.8 cm³/mol. The average Bonchev–Trinajstić information content (AvgIpc) is 2.33. The summed E-state index contributed by atoms with van der Waals surface area (Å²) in [5.74, 6) is 0. The molecule has 0 amide bonds. The molecule has 0 N–H and O–H groups in total. The summed E-state index contributed by atoms with van der Waals surface area (Å²) in [5.41, 5.74) is 4.40. The van der Waals surface area contributed by atoms with Crippen LogP contribution in [0.1, 0.15) is 32.8 Å². The van der Waals surface area contributed by atoms with Crippen molar-refractivity contribution in [3.05, 3.63) is 47.7 Å². The minimum absolute atomic E-state index is 0.288. The van der Waals surface area contributed by atoms with E-state index in [1.807, 2.05) is 24.3 Å². The van der Waals surface area contributed by atoms with Gasteiger partial charge in [-0.2, -0.15) is 0 Å². The van der Waals surface area contributed by atoms with E-state index >= 15 is 0 Å². The molecular weight excluding hydrogens is 248 g/mol. The van der Waals surface area contributed by atoms with E-state index < -0.39 is 8.32 Å². The van der Waals surface area contributed by atoms with Gasteiger partial charge < -0.3 is 4.43 Å². The van der Waals surface area contributed by atoms with Gasteiger partial charge >= 0.3 is 0 Å². The minimum atomic E-state index is -1.59. The Hall–Kier alpha value is -1.08. The quantitative estimate of drug-likeness (QED) is 0.404. The number of hydrogen-bond donors (Lipinski definition) is 0. The van der Waals surface area contributed by atoms with Gasteiger partial charge in [0, 0.05) is 6.61 Å². The predicted octanol–water partition coefficient (Wildman–Crippen LogP) is 5.27. The van der Waals surface area contributed by atoms with Gasteiger partial charge in [-0.15, -0.1) is 5.73 Å². The van der Waals surface area contributed by atoms with Gasteiger partial charge in [0.05, 0.1) is 0 Å². The maximum Gasteiger partial charge on any atom is 0.191 e. The van der Waals surface area contributed by atoms with E-state index in [0.717, 1.165) is 13.0 Å². The van der Waals surface area contributed by atoms with Gasteiger partial charge in [0.2, 0.25) is 0 Å². The standard InChI is InChI=1S/C17H26OSi/c1-17(2,3)19(4,5)18-15-11-7-10-14-16-12-8-6-9-13-16/h6-9,12-14H,11,15H2,1-5H3. The van der Waals surface area contributed by atoms with Crippen molar-refractivity contribution >= 4 is 14.4 Å². The van der Waals surface area contributed by atoms with Crippen LogP contribution in [-0.4, -0.2) is 14.9 Å². The molecule has 0 aliphatic rings. The molecule has 2 heteroatoms. The molecule has 1 aromatic rings. The lowest BCUT2D eigenvalue weighted by atomic mass is 10.2. The zero-order chi connectivity index (χ0) is 14.4. The molecule has 0 radical (unpaired) electrons. The molecule has 0 aromatic heterocycles. The maximum absolute atomic E-state index is 6.10. The topological polar surface area (TPSA) is 9.23 Å². The van der Waals surface area contributed by atoms with Gasteiger partial charge in [0.25, 0.3) is 0 Å². The summed E-state index contributed by atoms with van der Waals surface area (Å²) in [6.07, 6.45) is 4.99. The summed E-state index contributed by atoms with van der Waals surface area (Å²) in [7, 11) is -1.59. The van der Waals surface area contributed by atoms with E-state index in [1.165, 1.54) is 5.56 Å². The first kappa shape index (κ1) is 16.0. The highest BCUT2D eigenvalue weighted by Crippen LogP contribution is 2.36. The Morgan fingerprint density at radius 1 is 1.16 bits per heavy atom. The second-order valence-electron chi connectivity index (χ2n) is 6.32. The van der Waals surface area contributed by atoms with Gasteiger partial charge in [-0.3, -0.25) is 0 Å². The van der Waals surface area contributed by atoms with Crippen molar-refractivity contribution in [3.8, 4) is 0 Å². The normalized spacial score (nSPS) is 11.8. The van der Waals surface area contributed by atoms with Gasteiger partial charge in [0.1, 0.15) is 0 Å². The number of hydrogen-bond acceptors (Lipinski definition) is 1. The molecule has 0 saturated heterocycles. The van der Waals surface area contributed by atoms with Gasteiger partial charge in [-0.1, -0.05) is 51.1 Å². The van der Waals surface area contributed by atoms with Crippen LogP contribution in [0.5, 0.6) is 0 Å². The Kier molecular flexibility index (Phi) is 5.80. The molecule has 0 fully saturated rings. The fourth-order valence-electron chi connectivity index (χ4n) is 1.38. The molecule has 0 aliphatic heterocycles. The Morgan fingerprint density at radius 3 is 2.37 bits per heavy atom. The lowest BCUT2D eigenvalue weighted by molar-refractivity contribution is 0.294. The molecule has 104 valence electrons. The Bertz CT molecular complexity index is 434. The highest BCUT2D eigenvalue weighted by Gasteiger charge is 2.36. The summed E-state index contributed by atoms with van der Waals surface area (Å²) in [6.45, 7) is 12.2. The molecule has 1 nitrogen and oxygen atoms in total. The Labute approximate surface area is 119 Å². The van der Waals surface area contributed by atoms with E-state index in [-0.39, 0.29) is 5.04 Å². The molecule has 1 aromatic carbocycles. The van der Waals surface area contributed by atoms with Gasteiger partial charge in [-0.05, 0) is 42.3 Å². The van der Waals surface area contributed by atoms with E-state index in [0.29, 0.717) is 0 Å². The molecule has 1 rings (SSSR count). The highest BCUT2D eigenvalue weighted by molar-refractivity contribution is 6.74. The second kappa shape index (κ2) is 6.90. The molecule has 0 atom stereocenters. The van der Waals surface area contributed by atoms with Gasteiger partial charge in [0.15, 0.2) is 8.32 Å². The SMILES string of the molecule is CC(C)(C)[Si](C)(C)OCCC=C=Cc1ccccc1. The van der Waals surface area contributed by atoms with Crippen LogP contribution in [0.4, 0.5) is 0 Å². The summed E-state index contributed by atoms with van der Waals surface area (Å²) in [5, 5.41) is 0.288. The summed E-state index contributed by atoms with van der Waals surface area (Å²) >= 11 is 0. The first-order valence-corrected chi connectivity index (χ1v) is 9.84. The van der Waals surface area contributed by atoms with Crippen LogP contribution in [0.15, 0.2) is 42.1 Å². The lowest BCUT2D eigenvalue weighted by Gasteiger charge is -2.36. The van der Waals surface area contributed by atoms with Crippen molar-refractivity contribution in [3.63, 3.8) is 0 Å². The number of rotatable bonds is 5. The first-order valence-electron chi connectivity index (χ1n) is 6.93. The molecule has 0 aliphatic carbocycles. The van der Waals surface area contributed by atoms with Crippen LogP contribution >= 0.6 is 0 Å². The third-order valence-corrected chi connectivity index (χ3v) is 8.24. The average molecular weight is 274 g/mol. The molecule has 0 spiro atoms. The molecule has 0 bridgehead atoms. The van der Waals surface area contributed by atoms with Crippen molar-refractivity contribution < 1.29 is 4.43 Å². The smallest absolute Gasteiger partial charge is 0.191 e. The molecule has 0 unspecified atom stereocenters. The van der Waals surface area contributed by atoms with Crippen LogP contribution in [0, 0.1) is 0 Å². The van der Waals surface area contributed by atoms with E-state index in [4.69, 9.17) is 4.43 Å².